The van der Waals surface area contributed by atoms with Gasteiger partial charge in [0.1, 0.15) is 29.2 Å². The molecule has 0 radical (unpaired) electrons. The van der Waals surface area contributed by atoms with E-state index in [0.717, 1.165) is 21.7 Å². The number of hydrogen-bond donors (Lipinski definition) is 5. The lowest BCUT2D eigenvalue weighted by atomic mass is 9.85. The number of thiazole rings is 1. The van der Waals surface area contributed by atoms with E-state index < -0.39 is 70.6 Å². The van der Waals surface area contributed by atoms with Crippen molar-refractivity contribution in [1.29, 1.82) is 0 Å². The Morgan fingerprint density at radius 3 is 2.36 bits per heavy atom. The first-order valence-electron chi connectivity index (χ1n) is 23.8. The van der Waals surface area contributed by atoms with Gasteiger partial charge < -0.3 is 40.4 Å². The van der Waals surface area contributed by atoms with Crippen molar-refractivity contribution >= 4 is 57.5 Å². The molecule has 3 aromatic carbocycles. The maximum absolute atomic E-state index is 15.8. The van der Waals surface area contributed by atoms with Crippen LogP contribution in [0.1, 0.15) is 100 Å². The molecule has 0 aliphatic carbocycles. The monoisotopic (exact) mass is 1000 g/mol. The van der Waals surface area contributed by atoms with E-state index in [-0.39, 0.29) is 73.6 Å². The van der Waals surface area contributed by atoms with E-state index in [1.165, 1.54) is 29.4 Å². The van der Waals surface area contributed by atoms with Crippen LogP contribution < -0.4 is 31.6 Å². The number of nitrogens with zero attached hydrogens (tertiary/aromatic N) is 4. The Balaban J connectivity index is 0.836. The first-order chi connectivity index (χ1) is 34.4. The van der Waals surface area contributed by atoms with E-state index in [0.29, 0.717) is 29.5 Å². The lowest BCUT2D eigenvalue weighted by molar-refractivity contribution is -0.144. The van der Waals surface area contributed by atoms with E-state index in [4.69, 9.17) is 9.15 Å². The van der Waals surface area contributed by atoms with Crippen molar-refractivity contribution in [2.45, 2.75) is 111 Å². The standard InChI is InChI=1S/C53H59FN8O9S/c1-30-38-19-18-37(70-52-56-23-10-24-57-52)27-42(38)71-51(69)39(30)25-35-11-9-12-40(46(35)54)60-44(65)13-7-8-22-55-43(64)20-21-45(66)61-48(53(4,5)6)50(68)62-28-36(63)26-41(62)49(67)59-31(2)33-14-16-34(17-15-33)47-32(3)58-29-72-47/h9-12,14-19,23-24,27,29,31,36,41,48,63H,7-8,13,20-22,25-26,28H2,1-6H3,(H,55,64)(H,59,67)(H,60,65)(H,61,66). The van der Waals surface area contributed by atoms with E-state index >= 15 is 4.39 Å². The molecule has 6 aromatic rings. The van der Waals surface area contributed by atoms with Gasteiger partial charge in [-0.15, -0.1) is 11.3 Å². The molecular formula is C53H59FN8O9S. The smallest absolute Gasteiger partial charge is 0.340 e. The molecule has 5 amide bonds. The molecule has 17 nitrogen and oxygen atoms in total. The first kappa shape index (κ1) is 52.4. The van der Waals surface area contributed by atoms with Crippen molar-refractivity contribution in [2.75, 3.05) is 18.4 Å². The molecule has 0 bridgehead atoms. The van der Waals surface area contributed by atoms with Crippen LogP contribution >= 0.6 is 11.3 Å². The molecule has 1 aliphatic heterocycles. The molecule has 7 rings (SSSR count). The predicted octanol–water partition coefficient (Wildman–Crippen LogP) is 7.22. The number of halogens is 1. The highest BCUT2D eigenvalue weighted by Gasteiger charge is 2.44. The normalized spacial score (nSPS) is 15.4. The Labute approximate surface area is 420 Å². The Bertz CT molecular complexity index is 2990. The highest BCUT2D eigenvalue weighted by molar-refractivity contribution is 7.13. The van der Waals surface area contributed by atoms with E-state index in [2.05, 4.69) is 36.2 Å². The van der Waals surface area contributed by atoms with Gasteiger partial charge in [0.25, 0.3) is 0 Å². The van der Waals surface area contributed by atoms with Crippen LogP contribution in [0, 0.1) is 25.1 Å². The minimum absolute atomic E-state index is 0.0390. The van der Waals surface area contributed by atoms with Gasteiger partial charge in [0, 0.05) is 74.6 Å². The van der Waals surface area contributed by atoms with Crippen LogP contribution in [-0.2, 0) is 30.4 Å². The number of nitrogens with one attached hydrogen (secondary N) is 4. The SMILES string of the molecule is Cc1ncsc1-c1ccc(C(C)NC(=O)C2CC(O)CN2C(=O)C(NC(=O)CCC(=O)NCCCCC(=O)Nc2cccc(Cc3c(C)c4ccc(Oc5ncccn5)cc4oc3=O)c2F)C(C)(C)C)cc1. The van der Waals surface area contributed by atoms with Crippen LogP contribution in [0.3, 0.4) is 0 Å². The molecule has 1 saturated heterocycles. The van der Waals surface area contributed by atoms with Gasteiger partial charge in [-0.1, -0.05) is 57.2 Å². The third kappa shape index (κ3) is 13.1. The number of likely N-dealkylation sites (tertiary alicyclic amines) is 1. The Kier molecular flexibility index (Phi) is 16.9. The first-order valence-corrected chi connectivity index (χ1v) is 24.7. The highest BCUT2D eigenvalue weighted by Crippen LogP contribution is 2.31. The number of aromatic nitrogens is 3. The lowest BCUT2D eigenvalue weighted by Gasteiger charge is -2.35. The Morgan fingerprint density at radius 1 is 0.917 bits per heavy atom. The number of β-amino-alcohol motifs (C(OH)–C–C–N with tert-alkyl or cyclic N) is 1. The summed E-state index contributed by atoms with van der Waals surface area (Å²) < 4.78 is 27.0. The number of amides is 5. The van der Waals surface area contributed by atoms with Crippen molar-refractivity contribution in [3.05, 3.63) is 129 Å². The van der Waals surface area contributed by atoms with Gasteiger partial charge in [0.15, 0.2) is 0 Å². The molecule has 5 N–H and O–H groups in total. The summed E-state index contributed by atoms with van der Waals surface area (Å²) in [6.45, 7) is 11.0. The second-order valence-corrected chi connectivity index (χ2v) is 19.8. The van der Waals surface area contributed by atoms with Crippen LogP contribution in [0.2, 0.25) is 0 Å². The zero-order valence-corrected chi connectivity index (χ0v) is 41.9. The fourth-order valence-electron chi connectivity index (χ4n) is 8.50. The third-order valence-electron chi connectivity index (χ3n) is 12.5. The third-order valence-corrected chi connectivity index (χ3v) is 13.5. The average molecular weight is 1000 g/mol. The molecule has 0 spiro atoms. The second-order valence-electron chi connectivity index (χ2n) is 19.0. The summed E-state index contributed by atoms with van der Waals surface area (Å²) in [4.78, 5) is 94.4. The average Bonchev–Trinajstić information content (AvgIpc) is 3.97. The zero-order chi connectivity index (χ0) is 51.7. The molecule has 1 aliphatic rings. The topological polar surface area (TPSA) is 235 Å². The molecule has 72 heavy (non-hydrogen) atoms. The van der Waals surface area contributed by atoms with Gasteiger partial charge in [-0.3, -0.25) is 24.0 Å². The number of carbonyl (C=O) groups is 5. The summed E-state index contributed by atoms with van der Waals surface area (Å²) >= 11 is 1.55. The number of benzene rings is 3. The fourth-order valence-corrected chi connectivity index (χ4v) is 9.32. The molecule has 1 fully saturated rings. The van der Waals surface area contributed by atoms with Gasteiger partial charge in [-0.25, -0.2) is 24.1 Å². The molecule has 0 saturated carbocycles. The Morgan fingerprint density at radius 2 is 1.65 bits per heavy atom. The fraction of sp³-hybridized carbons (Fsp3) is 0.377. The van der Waals surface area contributed by atoms with Gasteiger partial charge in [0.2, 0.25) is 29.5 Å². The van der Waals surface area contributed by atoms with Gasteiger partial charge in [0.05, 0.1) is 33.9 Å². The summed E-state index contributed by atoms with van der Waals surface area (Å²) in [7, 11) is 0. The minimum Gasteiger partial charge on any atom is -0.424 e. The van der Waals surface area contributed by atoms with E-state index in [1.54, 1.807) is 74.9 Å². The summed E-state index contributed by atoms with van der Waals surface area (Å²) in [6, 6.07) is 16.7. The van der Waals surface area contributed by atoms with Crippen molar-refractivity contribution in [3.8, 4) is 22.2 Å². The minimum atomic E-state index is -1.06. The van der Waals surface area contributed by atoms with Gasteiger partial charge in [-0.05, 0) is 85.5 Å². The number of anilines is 1. The zero-order valence-electron chi connectivity index (χ0n) is 41.0. The largest absolute Gasteiger partial charge is 0.424 e. The lowest BCUT2D eigenvalue weighted by Crippen LogP contribution is -2.57. The number of fused-ring (bicyclic) bond motifs is 1. The number of aryl methyl sites for hydroxylation is 2. The van der Waals surface area contributed by atoms with Crippen molar-refractivity contribution in [2.24, 2.45) is 5.41 Å². The maximum atomic E-state index is 15.8. The second kappa shape index (κ2) is 23.2. The summed E-state index contributed by atoms with van der Waals surface area (Å²) in [5.41, 5.74) is 4.50. The van der Waals surface area contributed by atoms with Gasteiger partial charge >= 0.3 is 11.6 Å². The van der Waals surface area contributed by atoms with Crippen LogP contribution in [-0.4, -0.2) is 85.8 Å². The molecule has 4 heterocycles. The summed E-state index contributed by atoms with van der Waals surface area (Å²) in [5.74, 6) is -2.62. The van der Waals surface area contributed by atoms with E-state index in [1.807, 2.05) is 38.1 Å². The number of hydrogen-bond acceptors (Lipinski definition) is 13. The van der Waals surface area contributed by atoms with E-state index in [9.17, 15) is 33.9 Å². The van der Waals surface area contributed by atoms with Gasteiger partial charge in [-0.2, -0.15) is 0 Å². The van der Waals surface area contributed by atoms with Crippen molar-refractivity contribution in [1.82, 2.24) is 35.8 Å². The molecule has 19 heteroatoms. The Hall–Kier alpha value is -7.38. The van der Waals surface area contributed by atoms with Crippen LogP contribution in [0.25, 0.3) is 21.4 Å². The number of carbonyl (C=O) groups excluding carboxylic acids is 5. The molecule has 378 valence electrons. The predicted molar refractivity (Wildman–Crippen MR) is 270 cm³/mol. The number of ether oxygens (including phenoxy) is 1. The summed E-state index contributed by atoms with van der Waals surface area (Å²) in [5, 5.41) is 22.4. The number of rotatable bonds is 19. The maximum Gasteiger partial charge on any atom is 0.340 e. The summed E-state index contributed by atoms with van der Waals surface area (Å²) in [6.07, 6.45) is 2.56. The van der Waals surface area contributed by atoms with Crippen LogP contribution in [0.15, 0.2) is 93.8 Å². The number of unbranched alkanes of at least 4 members (excludes halogenated alkanes) is 1. The molecular weight excluding hydrogens is 944 g/mol. The van der Waals surface area contributed by atoms with Crippen LogP contribution in [0.5, 0.6) is 11.8 Å². The number of aliphatic hydroxyl groups excluding tert-OH is 1. The molecule has 3 aromatic heterocycles. The number of aliphatic hydroxyl groups is 1. The quantitative estimate of drug-likeness (QED) is 0.0400. The molecule has 4 unspecified atom stereocenters. The highest BCUT2D eigenvalue weighted by atomic mass is 32.1. The van der Waals surface area contributed by atoms with Crippen LogP contribution in [0.4, 0.5) is 10.1 Å². The van der Waals surface area contributed by atoms with Crippen molar-refractivity contribution in [3.63, 3.8) is 0 Å². The van der Waals surface area contributed by atoms with Crippen molar-refractivity contribution < 1.29 is 42.6 Å². The molecule has 4 atom stereocenters.